The van der Waals surface area contributed by atoms with Crippen LogP contribution in [-0.4, -0.2) is 27.1 Å². The van der Waals surface area contributed by atoms with E-state index in [9.17, 15) is 14.7 Å². The first kappa shape index (κ1) is 16.4. The van der Waals surface area contributed by atoms with Gasteiger partial charge < -0.3 is 15.5 Å². The maximum absolute atomic E-state index is 12.0. The highest BCUT2D eigenvalue weighted by Gasteiger charge is 2.25. The quantitative estimate of drug-likeness (QED) is 0.740. The molecule has 3 N–H and O–H groups in total. The molecule has 1 aromatic heterocycles. The number of hydrogen-bond donors (Lipinski definition) is 3. The predicted molar refractivity (Wildman–Crippen MR) is 74.5 cm³/mol. The van der Waals surface area contributed by atoms with E-state index >= 15 is 0 Å². The Balaban J connectivity index is 3.12. The number of amides is 1. The number of aliphatic hydroxyl groups is 1. The Morgan fingerprint density at radius 2 is 2.05 bits per heavy atom. The molecule has 1 atom stereocenters. The van der Waals surface area contributed by atoms with E-state index in [0.717, 1.165) is 0 Å². The molecule has 0 spiro atoms. The summed E-state index contributed by atoms with van der Waals surface area (Å²) in [4.78, 5) is 26.5. The average Bonchev–Trinajstić information content (AvgIpc) is 2.29. The number of carbonyl (C=O) groups is 2. The monoisotopic (exact) mass is 300 g/mol. The number of aromatic nitrogens is 1. The third kappa shape index (κ3) is 4.18. The van der Waals surface area contributed by atoms with Crippen LogP contribution in [0.15, 0.2) is 12.3 Å². The fraction of sp³-hybridized carbons (Fsp3) is 0.462. The Kier molecular flexibility index (Phi) is 5.08. The summed E-state index contributed by atoms with van der Waals surface area (Å²) in [6, 6.07) is 1.43. The average molecular weight is 301 g/mol. The zero-order chi connectivity index (χ0) is 15.5. The highest BCUT2D eigenvalue weighted by Crippen LogP contribution is 2.31. The smallest absolute Gasteiger partial charge is 0.306 e. The summed E-state index contributed by atoms with van der Waals surface area (Å²) in [5.74, 6) is -1.46. The minimum absolute atomic E-state index is 0.00420. The molecule has 0 saturated carbocycles. The van der Waals surface area contributed by atoms with Gasteiger partial charge in [0.25, 0.3) is 0 Å². The molecule has 0 fully saturated rings. The number of halogens is 1. The van der Waals surface area contributed by atoms with Gasteiger partial charge in [-0.2, -0.15) is 0 Å². The summed E-state index contributed by atoms with van der Waals surface area (Å²) in [7, 11) is 0. The number of nitrogens with one attached hydrogen (secondary N) is 1. The molecule has 1 aromatic rings. The van der Waals surface area contributed by atoms with E-state index in [1.54, 1.807) is 20.8 Å². The van der Waals surface area contributed by atoms with Gasteiger partial charge in [-0.05, 0) is 6.07 Å². The van der Waals surface area contributed by atoms with E-state index in [1.807, 2.05) is 0 Å². The molecule has 0 bridgehead atoms. The number of nitrogens with zero attached hydrogens (tertiary/aromatic N) is 1. The van der Waals surface area contributed by atoms with Crippen LogP contribution >= 0.6 is 11.6 Å². The van der Waals surface area contributed by atoms with Gasteiger partial charge in [-0.3, -0.25) is 9.59 Å². The van der Waals surface area contributed by atoms with Crippen LogP contribution in [0.5, 0.6) is 0 Å². The van der Waals surface area contributed by atoms with Gasteiger partial charge in [0.05, 0.1) is 18.2 Å². The Bertz CT molecular complexity index is 526. The Morgan fingerprint density at radius 3 is 2.55 bits per heavy atom. The van der Waals surface area contributed by atoms with E-state index in [1.165, 1.54) is 12.3 Å². The van der Waals surface area contributed by atoms with Crippen molar-refractivity contribution in [1.82, 2.24) is 4.98 Å². The zero-order valence-corrected chi connectivity index (χ0v) is 12.2. The second kappa shape index (κ2) is 6.19. The molecule has 0 aromatic carbocycles. The van der Waals surface area contributed by atoms with Gasteiger partial charge in [0.15, 0.2) is 5.15 Å². The molecule has 7 heteroatoms. The van der Waals surface area contributed by atoms with E-state index in [4.69, 9.17) is 16.7 Å². The summed E-state index contributed by atoms with van der Waals surface area (Å²) in [5, 5.41) is 21.2. The van der Waals surface area contributed by atoms with Gasteiger partial charge in [-0.15, -0.1) is 0 Å². The molecular formula is C13H17ClN2O4. The Hall–Kier alpha value is -1.66. The maximum atomic E-state index is 12.0. The number of hydrogen-bond acceptors (Lipinski definition) is 4. The molecule has 6 nitrogen and oxygen atoms in total. The van der Waals surface area contributed by atoms with Crippen LogP contribution in [0, 0.1) is 5.41 Å². The van der Waals surface area contributed by atoms with Crippen LogP contribution in [0.25, 0.3) is 0 Å². The van der Waals surface area contributed by atoms with E-state index < -0.39 is 23.9 Å². The van der Waals surface area contributed by atoms with Crippen LogP contribution in [0.4, 0.5) is 5.69 Å². The van der Waals surface area contributed by atoms with Gasteiger partial charge in [-0.25, -0.2) is 4.98 Å². The first-order valence-electron chi connectivity index (χ1n) is 5.98. The normalized spacial score (nSPS) is 12.8. The summed E-state index contributed by atoms with van der Waals surface area (Å²) >= 11 is 5.92. The van der Waals surface area contributed by atoms with E-state index in [2.05, 4.69) is 10.3 Å². The Labute approximate surface area is 121 Å². The van der Waals surface area contributed by atoms with Crippen molar-refractivity contribution in [2.75, 3.05) is 5.32 Å². The van der Waals surface area contributed by atoms with Crippen molar-refractivity contribution in [3.05, 3.63) is 23.0 Å². The molecular weight excluding hydrogens is 284 g/mol. The standard InChI is InChI=1S/C13H17ClN2O4/c1-13(2,3)12(20)16-10-7(4-5-15-11(10)14)8(17)6-9(18)19/h4-5,8,17H,6H2,1-3H3,(H,16,20)(H,18,19). The lowest BCUT2D eigenvalue weighted by Gasteiger charge is -2.21. The van der Waals surface area contributed by atoms with Crippen molar-refractivity contribution in [1.29, 1.82) is 0 Å². The minimum Gasteiger partial charge on any atom is -0.481 e. The summed E-state index contributed by atoms with van der Waals surface area (Å²) in [5.41, 5.74) is -0.290. The van der Waals surface area contributed by atoms with Gasteiger partial charge in [0, 0.05) is 17.2 Å². The van der Waals surface area contributed by atoms with Crippen LogP contribution in [0.2, 0.25) is 5.15 Å². The molecule has 110 valence electrons. The van der Waals surface area contributed by atoms with Crippen molar-refractivity contribution in [3.8, 4) is 0 Å². The van der Waals surface area contributed by atoms with Gasteiger partial charge in [-0.1, -0.05) is 32.4 Å². The molecule has 0 radical (unpaired) electrons. The van der Waals surface area contributed by atoms with Crippen molar-refractivity contribution < 1.29 is 19.8 Å². The number of anilines is 1. The molecule has 1 rings (SSSR count). The number of carbonyl (C=O) groups excluding carboxylic acids is 1. The molecule has 1 heterocycles. The summed E-state index contributed by atoms with van der Waals surface area (Å²) < 4.78 is 0. The first-order chi connectivity index (χ1) is 9.12. The lowest BCUT2D eigenvalue weighted by atomic mass is 9.95. The van der Waals surface area contributed by atoms with Crippen LogP contribution < -0.4 is 5.32 Å². The van der Waals surface area contributed by atoms with Crippen LogP contribution in [0.1, 0.15) is 38.9 Å². The number of carboxylic acids is 1. The largest absolute Gasteiger partial charge is 0.481 e. The maximum Gasteiger partial charge on any atom is 0.306 e. The highest BCUT2D eigenvalue weighted by atomic mass is 35.5. The van der Waals surface area contributed by atoms with Crippen molar-refractivity contribution >= 4 is 29.2 Å². The number of aliphatic carboxylic acids is 1. The molecule has 0 saturated heterocycles. The lowest BCUT2D eigenvalue weighted by molar-refractivity contribution is -0.139. The third-order valence-electron chi connectivity index (χ3n) is 2.58. The van der Waals surface area contributed by atoms with Crippen molar-refractivity contribution in [3.63, 3.8) is 0 Å². The van der Waals surface area contributed by atoms with Crippen LogP contribution in [0.3, 0.4) is 0 Å². The molecule has 1 amide bonds. The fourth-order valence-electron chi connectivity index (χ4n) is 1.43. The fourth-order valence-corrected chi connectivity index (χ4v) is 1.64. The second-order valence-electron chi connectivity index (χ2n) is 5.38. The number of pyridine rings is 1. The highest BCUT2D eigenvalue weighted by molar-refractivity contribution is 6.32. The lowest BCUT2D eigenvalue weighted by Crippen LogP contribution is -2.28. The molecule has 1 unspecified atom stereocenters. The molecule has 20 heavy (non-hydrogen) atoms. The SMILES string of the molecule is CC(C)(C)C(=O)Nc1c(C(O)CC(=O)O)ccnc1Cl. The number of rotatable bonds is 4. The topological polar surface area (TPSA) is 99.5 Å². The third-order valence-corrected chi connectivity index (χ3v) is 2.87. The molecule has 0 aliphatic carbocycles. The second-order valence-corrected chi connectivity index (χ2v) is 5.74. The van der Waals surface area contributed by atoms with Gasteiger partial charge in [0.1, 0.15) is 0 Å². The number of aliphatic hydroxyl groups excluding tert-OH is 1. The van der Waals surface area contributed by atoms with Crippen molar-refractivity contribution in [2.24, 2.45) is 5.41 Å². The Morgan fingerprint density at radius 1 is 1.45 bits per heavy atom. The van der Waals surface area contributed by atoms with Crippen molar-refractivity contribution in [2.45, 2.75) is 33.3 Å². The van der Waals surface area contributed by atoms with Gasteiger partial charge >= 0.3 is 5.97 Å². The first-order valence-corrected chi connectivity index (χ1v) is 6.36. The minimum atomic E-state index is -1.27. The zero-order valence-electron chi connectivity index (χ0n) is 11.5. The predicted octanol–water partition coefficient (Wildman–Crippen LogP) is 2.23. The van der Waals surface area contributed by atoms with E-state index in [-0.39, 0.29) is 22.3 Å². The van der Waals surface area contributed by atoms with Crippen LogP contribution in [-0.2, 0) is 9.59 Å². The van der Waals surface area contributed by atoms with E-state index in [0.29, 0.717) is 0 Å². The summed E-state index contributed by atoms with van der Waals surface area (Å²) in [6.45, 7) is 5.17. The molecule has 0 aliphatic rings. The summed E-state index contributed by atoms with van der Waals surface area (Å²) in [6.07, 6.45) is -0.419. The van der Waals surface area contributed by atoms with Gasteiger partial charge in [0.2, 0.25) is 5.91 Å². The molecule has 0 aliphatic heterocycles. The number of carboxylic acid groups (broad SMARTS) is 1.